The summed E-state index contributed by atoms with van der Waals surface area (Å²) in [5.74, 6) is 1.75. The van der Waals surface area contributed by atoms with Gasteiger partial charge in [0.15, 0.2) is 5.96 Å². The lowest BCUT2D eigenvalue weighted by atomic mass is 10.1. The minimum atomic E-state index is 0. The van der Waals surface area contributed by atoms with Crippen LogP contribution in [0.4, 0.5) is 0 Å². The summed E-state index contributed by atoms with van der Waals surface area (Å²) in [6.45, 7) is 12.6. The first kappa shape index (κ1) is 24.3. The van der Waals surface area contributed by atoms with Crippen molar-refractivity contribution in [2.24, 2.45) is 4.99 Å². The van der Waals surface area contributed by atoms with Gasteiger partial charge in [-0.15, -0.1) is 24.0 Å². The fourth-order valence-corrected chi connectivity index (χ4v) is 2.78. The number of halogens is 1. The first-order valence-corrected chi connectivity index (χ1v) is 9.76. The van der Waals surface area contributed by atoms with Crippen molar-refractivity contribution < 1.29 is 4.74 Å². The Kier molecular flexibility index (Phi) is 11.0. The number of nitrogens with one attached hydrogen (secondary N) is 3. The number of H-pyrrole nitrogens is 1. The molecular weight excluding hydrogens is 465 g/mol. The zero-order chi connectivity index (χ0) is 19.6. The summed E-state index contributed by atoms with van der Waals surface area (Å²) in [6, 6.07) is 6.28. The molecule has 0 amide bonds. The smallest absolute Gasteiger partial charge is 0.191 e. The number of aromatic nitrogens is 2. The largest absolute Gasteiger partial charge is 0.491 e. The molecule has 1 aromatic carbocycles. The van der Waals surface area contributed by atoms with E-state index in [9.17, 15) is 0 Å². The molecule has 0 saturated carbocycles. The number of guanidine groups is 1. The standard InChI is InChI=1S/C21H33N5O.HI/c1-6-22-21(23-11-7-8-18-14-25-26-17(18)5)24-13-19-10-9-16(4)12-20(19)27-15(2)3;/h9-10,12,14-15H,6-8,11,13H2,1-5H3,(H,25,26)(H2,22,23,24);1H. The molecule has 0 radical (unpaired) electrons. The summed E-state index contributed by atoms with van der Waals surface area (Å²) < 4.78 is 5.95. The van der Waals surface area contributed by atoms with Crippen LogP contribution in [-0.2, 0) is 13.0 Å². The molecule has 1 aromatic heterocycles. The van der Waals surface area contributed by atoms with Crippen molar-refractivity contribution in [2.75, 3.05) is 13.1 Å². The molecule has 3 N–H and O–H groups in total. The van der Waals surface area contributed by atoms with E-state index in [2.05, 4.69) is 59.8 Å². The number of hydrogen-bond donors (Lipinski definition) is 3. The lowest BCUT2D eigenvalue weighted by molar-refractivity contribution is 0.240. The maximum absolute atomic E-state index is 5.95. The third kappa shape index (κ3) is 8.08. The molecule has 28 heavy (non-hydrogen) atoms. The van der Waals surface area contributed by atoms with E-state index in [1.807, 2.05) is 20.0 Å². The summed E-state index contributed by atoms with van der Waals surface area (Å²) >= 11 is 0. The van der Waals surface area contributed by atoms with E-state index in [0.717, 1.165) is 48.9 Å². The molecule has 156 valence electrons. The van der Waals surface area contributed by atoms with Gasteiger partial charge in [0, 0.05) is 24.3 Å². The molecule has 0 aliphatic heterocycles. The van der Waals surface area contributed by atoms with Crippen LogP contribution >= 0.6 is 24.0 Å². The molecule has 0 spiro atoms. The summed E-state index contributed by atoms with van der Waals surface area (Å²) in [5, 5.41) is 13.8. The Morgan fingerprint density at radius 3 is 2.64 bits per heavy atom. The zero-order valence-electron chi connectivity index (χ0n) is 17.6. The SMILES string of the molecule is CCNC(=NCc1ccc(C)cc1OC(C)C)NCCCc1cn[nH]c1C.I. The van der Waals surface area contributed by atoms with Gasteiger partial charge >= 0.3 is 0 Å². The molecule has 0 saturated heterocycles. The van der Waals surface area contributed by atoms with Crippen molar-refractivity contribution in [3.05, 3.63) is 46.8 Å². The van der Waals surface area contributed by atoms with E-state index in [1.165, 1.54) is 11.1 Å². The molecule has 6 nitrogen and oxygen atoms in total. The second kappa shape index (κ2) is 12.6. The average Bonchev–Trinajstić information content (AvgIpc) is 3.02. The van der Waals surface area contributed by atoms with Crippen LogP contribution in [0, 0.1) is 13.8 Å². The van der Waals surface area contributed by atoms with Gasteiger partial charge in [-0.3, -0.25) is 5.10 Å². The van der Waals surface area contributed by atoms with E-state index in [4.69, 9.17) is 9.73 Å². The number of benzene rings is 1. The highest BCUT2D eigenvalue weighted by Gasteiger charge is 2.07. The predicted molar refractivity (Wildman–Crippen MR) is 127 cm³/mol. The molecule has 0 aliphatic carbocycles. The number of nitrogens with zero attached hydrogens (tertiary/aromatic N) is 2. The lowest BCUT2D eigenvalue weighted by Crippen LogP contribution is -2.37. The Morgan fingerprint density at radius 1 is 1.21 bits per heavy atom. The van der Waals surface area contributed by atoms with Gasteiger partial charge in [0.05, 0.1) is 18.8 Å². The van der Waals surface area contributed by atoms with Crippen LogP contribution in [0.3, 0.4) is 0 Å². The Balaban J connectivity index is 0.00000392. The molecule has 0 fully saturated rings. The van der Waals surface area contributed by atoms with E-state index in [1.54, 1.807) is 0 Å². The highest BCUT2D eigenvalue weighted by Crippen LogP contribution is 2.22. The van der Waals surface area contributed by atoms with Crippen molar-refractivity contribution in [3.63, 3.8) is 0 Å². The van der Waals surface area contributed by atoms with Gasteiger partial charge in [-0.1, -0.05) is 12.1 Å². The minimum absolute atomic E-state index is 0. The van der Waals surface area contributed by atoms with E-state index < -0.39 is 0 Å². The van der Waals surface area contributed by atoms with Crippen LogP contribution in [-0.4, -0.2) is 35.4 Å². The third-order valence-electron chi connectivity index (χ3n) is 4.19. The number of ether oxygens (including phenoxy) is 1. The van der Waals surface area contributed by atoms with Gasteiger partial charge in [0.25, 0.3) is 0 Å². The van der Waals surface area contributed by atoms with Crippen LogP contribution in [0.1, 0.15) is 49.6 Å². The van der Waals surface area contributed by atoms with Gasteiger partial charge in [-0.25, -0.2) is 4.99 Å². The summed E-state index contributed by atoms with van der Waals surface area (Å²) in [7, 11) is 0. The Labute approximate surface area is 186 Å². The summed E-state index contributed by atoms with van der Waals surface area (Å²) in [5.41, 5.74) is 4.71. The van der Waals surface area contributed by atoms with E-state index >= 15 is 0 Å². The fraction of sp³-hybridized carbons (Fsp3) is 0.524. The van der Waals surface area contributed by atoms with Crippen LogP contribution in [0.25, 0.3) is 0 Å². The number of hydrogen-bond acceptors (Lipinski definition) is 3. The normalized spacial score (nSPS) is 11.3. The molecule has 1 heterocycles. The molecule has 2 rings (SSSR count). The fourth-order valence-electron chi connectivity index (χ4n) is 2.78. The highest BCUT2D eigenvalue weighted by atomic mass is 127. The van der Waals surface area contributed by atoms with Crippen molar-refractivity contribution in [3.8, 4) is 5.75 Å². The van der Waals surface area contributed by atoms with Gasteiger partial charge in [-0.2, -0.15) is 5.10 Å². The van der Waals surface area contributed by atoms with Gasteiger partial charge < -0.3 is 15.4 Å². The Bertz CT molecular complexity index is 742. The van der Waals surface area contributed by atoms with Crippen molar-refractivity contribution in [1.29, 1.82) is 0 Å². The maximum atomic E-state index is 5.95. The number of aryl methyl sites for hydroxylation is 3. The average molecular weight is 499 g/mol. The van der Waals surface area contributed by atoms with E-state index in [-0.39, 0.29) is 30.1 Å². The first-order chi connectivity index (χ1) is 13.0. The summed E-state index contributed by atoms with van der Waals surface area (Å²) in [4.78, 5) is 4.73. The van der Waals surface area contributed by atoms with Crippen molar-refractivity contribution in [1.82, 2.24) is 20.8 Å². The summed E-state index contributed by atoms with van der Waals surface area (Å²) in [6.07, 6.45) is 4.07. The minimum Gasteiger partial charge on any atom is -0.491 e. The Morgan fingerprint density at radius 2 is 2.00 bits per heavy atom. The second-order valence-corrected chi connectivity index (χ2v) is 7.02. The molecule has 0 aliphatic rings. The number of rotatable bonds is 9. The predicted octanol–water partition coefficient (Wildman–Crippen LogP) is 4.12. The zero-order valence-corrected chi connectivity index (χ0v) is 20.0. The molecule has 2 aromatic rings. The van der Waals surface area contributed by atoms with Gasteiger partial charge in [0.2, 0.25) is 0 Å². The van der Waals surface area contributed by atoms with Crippen LogP contribution in [0.5, 0.6) is 5.75 Å². The highest BCUT2D eigenvalue weighted by molar-refractivity contribution is 14.0. The molecular formula is C21H34IN5O. The Hall–Kier alpha value is -1.77. The molecule has 7 heteroatoms. The monoisotopic (exact) mass is 499 g/mol. The van der Waals surface area contributed by atoms with Gasteiger partial charge in [-0.05, 0) is 64.7 Å². The first-order valence-electron chi connectivity index (χ1n) is 9.76. The van der Waals surface area contributed by atoms with Crippen molar-refractivity contribution in [2.45, 2.75) is 60.1 Å². The third-order valence-corrected chi connectivity index (χ3v) is 4.19. The topological polar surface area (TPSA) is 74.3 Å². The van der Waals surface area contributed by atoms with E-state index in [0.29, 0.717) is 6.54 Å². The lowest BCUT2D eigenvalue weighted by Gasteiger charge is -2.15. The molecule has 0 bridgehead atoms. The quantitative estimate of drug-likeness (QED) is 0.210. The number of aliphatic imine (C=N–C) groups is 1. The molecule has 0 unspecified atom stereocenters. The maximum Gasteiger partial charge on any atom is 0.191 e. The van der Waals surface area contributed by atoms with Crippen LogP contribution in [0.2, 0.25) is 0 Å². The van der Waals surface area contributed by atoms with Crippen LogP contribution in [0.15, 0.2) is 29.4 Å². The van der Waals surface area contributed by atoms with Gasteiger partial charge in [0.1, 0.15) is 5.75 Å². The van der Waals surface area contributed by atoms with Crippen LogP contribution < -0.4 is 15.4 Å². The second-order valence-electron chi connectivity index (χ2n) is 7.02. The number of aromatic amines is 1. The van der Waals surface area contributed by atoms with Crippen molar-refractivity contribution >= 4 is 29.9 Å². The molecule has 0 atom stereocenters.